The van der Waals surface area contributed by atoms with Gasteiger partial charge in [-0.2, -0.15) is 11.8 Å². The van der Waals surface area contributed by atoms with Gasteiger partial charge in [0, 0.05) is 18.3 Å². The lowest BCUT2D eigenvalue weighted by molar-refractivity contribution is -0.143. The summed E-state index contributed by atoms with van der Waals surface area (Å²) in [6, 6.07) is -0.112. The smallest absolute Gasteiger partial charge is 0.314 e. The molecule has 5 nitrogen and oxygen atoms in total. The molecule has 0 radical (unpaired) electrons. The first kappa shape index (κ1) is 17.1. The van der Waals surface area contributed by atoms with Crippen LogP contribution in [0.2, 0.25) is 0 Å². The molecule has 116 valence electrons. The molecule has 0 aromatic rings. The van der Waals surface area contributed by atoms with Gasteiger partial charge in [0.2, 0.25) is 0 Å². The van der Waals surface area contributed by atoms with Crippen molar-refractivity contribution in [2.45, 2.75) is 44.3 Å². The number of hydrogen-bond donors (Lipinski definition) is 3. The van der Waals surface area contributed by atoms with E-state index < -0.39 is 5.97 Å². The summed E-state index contributed by atoms with van der Waals surface area (Å²) in [7, 11) is 0. The number of urea groups is 1. The second kappa shape index (κ2) is 9.10. The van der Waals surface area contributed by atoms with Crippen molar-refractivity contribution in [3.63, 3.8) is 0 Å². The lowest BCUT2D eigenvalue weighted by atomic mass is 9.82. The van der Waals surface area contributed by atoms with Crippen LogP contribution in [0.15, 0.2) is 0 Å². The molecule has 1 aliphatic rings. The molecule has 0 aromatic heterocycles. The first-order valence-electron chi connectivity index (χ1n) is 7.30. The number of hydrogen-bond acceptors (Lipinski definition) is 3. The normalized spacial score (nSPS) is 23.9. The van der Waals surface area contributed by atoms with E-state index in [1.807, 2.05) is 0 Å². The number of carbonyl (C=O) groups excluding carboxylic acids is 1. The third kappa shape index (κ3) is 6.50. The Hall–Kier alpha value is -0.910. The number of nitrogens with one attached hydrogen (secondary N) is 2. The zero-order chi connectivity index (χ0) is 15.0. The SMILES string of the molecule is CSC(C)CCNC(=O)NCC1CCC(C(=O)O)CC1. The van der Waals surface area contributed by atoms with Gasteiger partial charge in [0.25, 0.3) is 0 Å². The third-order valence-corrected chi connectivity index (χ3v) is 5.03. The maximum Gasteiger partial charge on any atom is 0.314 e. The summed E-state index contributed by atoms with van der Waals surface area (Å²) < 4.78 is 0. The molecule has 0 spiro atoms. The number of carboxylic acid groups (broad SMARTS) is 1. The number of carboxylic acids is 1. The summed E-state index contributed by atoms with van der Waals surface area (Å²) in [6.07, 6.45) is 6.28. The fourth-order valence-corrected chi connectivity index (χ4v) is 2.77. The molecule has 1 saturated carbocycles. The molecule has 2 amide bonds. The van der Waals surface area contributed by atoms with Crippen molar-refractivity contribution in [2.24, 2.45) is 11.8 Å². The average Bonchev–Trinajstić information content (AvgIpc) is 2.45. The molecular formula is C14H26N2O3S. The second-order valence-electron chi connectivity index (χ2n) is 5.53. The number of thioether (sulfide) groups is 1. The van der Waals surface area contributed by atoms with Crippen LogP contribution in [0.3, 0.4) is 0 Å². The van der Waals surface area contributed by atoms with Crippen molar-refractivity contribution in [1.82, 2.24) is 10.6 Å². The van der Waals surface area contributed by atoms with E-state index in [1.54, 1.807) is 11.8 Å². The van der Waals surface area contributed by atoms with Crippen LogP contribution < -0.4 is 10.6 Å². The monoisotopic (exact) mass is 302 g/mol. The van der Waals surface area contributed by atoms with Crippen LogP contribution in [0.5, 0.6) is 0 Å². The fraction of sp³-hybridized carbons (Fsp3) is 0.857. The Morgan fingerprint density at radius 1 is 1.25 bits per heavy atom. The Morgan fingerprint density at radius 3 is 2.45 bits per heavy atom. The summed E-state index contributed by atoms with van der Waals surface area (Å²) in [5, 5.41) is 15.2. The molecule has 1 rings (SSSR count). The predicted octanol–water partition coefficient (Wildman–Crippen LogP) is 2.32. The van der Waals surface area contributed by atoms with Crippen LogP contribution in [0.4, 0.5) is 4.79 Å². The minimum absolute atomic E-state index is 0.112. The van der Waals surface area contributed by atoms with Gasteiger partial charge in [-0.15, -0.1) is 0 Å². The van der Waals surface area contributed by atoms with E-state index in [-0.39, 0.29) is 11.9 Å². The average molecular weight is 302 g/mol. The summed E-state index contributed by atoms with van der Waals surface area (Å²) in [4.78, 5) is 22.4. The van der Waals surface area contributed by atoms with Gasteiger partial charge in [0.15, 0.2) is 0 Å². The molecule has 1 fully saturated rings. The van der Waals surface area contributed by atoms with E-state index in [0.717, 1.165) is 32.1 Å². The van der Waals surface area contributed by atoms with Gasteiger partial charge in [-0.1, -0.05) is 6.92 Å². The largest absolute Gasteiger partial charge is 0.481 e. The zero-order valence-corrected chi connectivity index (χ0v) is 13.2. The van der Waals surface area contributed by atoms with E-state index in [9.17, 15) is 9.59 Å². The van der Waals surface area contributed by atoms with Gasteiger partial charge in [0.05, 0.1) is 5.92 Å². The van der Waals surface area contributed by atoms with Crippen molar-refractivity contribution < 1.29 is 14.7 Å². The van der Waals surface area contributed by atoms with E-state index in [0.29, 0.717) is 24.3 Å². The van der Waals surface area contributed by atoms with Gasteiger partial charge in [-0.3, -0.25) is 4.79 Å². The predicted molar refractivity (Wildman–Crippen MR) is 82.1 cm³/mol. The van der Waals surface area contributed by atoms with Crippen molar-refractivity contribution in [3.05, 3.63) is 0 Å². The van der Waals surface area contributed by atoms with Crippen molar-refractivity contribution in [1.29, 1.82) is 0 Å². The first-order chi connectivity index (χ1) is 9.52. The van der Waals surface area contributed by atoms with Crippen molar-refractivity contribution in [2.75, 3.05) is 19.3 Å². The van der Waals surface area contributed by atoms with E-state index in [2.05, 4.69) is 23.8 Å². The molecule has 1 atom stereocenters. The Bertz CT molecular complexity index is 318. The van der Waals surface area contributed by atoms with Crippen LogP contribution in [-0.2, 0) is 4.79 Å². The standard InChI is InChI=1S/C14H26N2O3S/c1-10(20-2)7-8-15-14(19)16-9-11-3-5-12(6-4-11)13(17)18/h10-12H,3-9H2,1-2H3,(H,17,18)(H2,15,16,19). The summed E-state index contributed by atoms with van der Waals surface area (Å²) in [5.74, 6) is -0.452. The Kier molecular flexibility index (Phi) is 7.80. The molecule has 0 aliphatic heterocycles. The summed E-state index contributed by atoms with van der Waals surface area (Å²) in [5.41, 5.74) is 0. The number of amides is 2. The summed E-state index contributed by atoms with van der Waals surface area (Å²) in [6.45, 7) is 3.49. The van der Waals surface area contributed by atoms with E-state index >= 15 is 0 Å². The Labute approximate surface area is 125 Å². The first-order valence-corrected chi connectivity index (χ1v) is 8.59. The van der Waals surface area contributed by atoms with Gasteiger partial charge in [-0.05, 0) is 44.3 Å². The highest BCUT2D eigenvalue weighted by Crippen LogP contribution is 2.28. The molecule has 1 unspecified atom stereocenters. The van der Waals surface area contributed by atoms with Crippen LogP contribution in [0.25, 0.3) is 0 Å². The second-order valence-corrected chi connectivity index (χ2v) is 6.80. The Balaban J connectivity index is 2.09. The van der Waals surface area contributed by atoms with Gasteiger partial charge >= 0.3 is 12.0 Å². The molecule has 0 saturated heterocycles. The third-order valence-electron chi connectivity index (χ3n) is 3.99. The van der Waals surface area contributed by atoms with Crippen LogP contribution >= 0.6 is 11.8 Å². The lowest BCUT2D eigenvalue weighted by Crippen LogP contribution is -2.40. The summed E-state index contributed by atoms with van der Waals surface area (Å²) >= 11 is 1.80. The number of aliphatic carboxylic acids is 1. The number of rotatable bonds is 7. The van der Waals surface area contributed by atoms with Crippen molar-refractivity contribution in [3.8, 4) is 0 Å². The lowest BCUT2D eigenvalue weighted by Gasteiger charge is -2.26. The van der Waals surface area contributed by atoms with Crippen LogP contribution in [0, 0.1) is 11.8 Å². The minimum Gasteiger partial charge on any atom is -0.481 e. The maximum absolute atomic E-state index is 11.6. The zero-order valence-electron chi connectivity index (χ0n) is 12.4. The topological polar surface area (TPSA) is 78.4 Å². The molecular weight excluding hydrogens is 276 g/mol. The fourth-order valence-electron chi connectivity index (χ4n) is 2.42. The molecule has 3 N–H and O–H groups in total. The molecule has 20 heavy (non-hydrogen) atoms. The van der Waals surface area contributed by atoms with Crippen LogP contribution in [-0.4, -0.2) is 41.7 Å². The van der Waals surface area contributed by atoms with Crippen molar-refractivity contribution >= 4 is 23.8 Å². The highest BCUT2D eigenvalue weighted by molar-refractivity contribution is 7.99. The minimum atomic E-state index is -0.683. The quantitative estimate of drug-likeness (QED) is 0.674. The Morgan fingerprint density at radius 2 is 1.90 bits per heavy atom. The van der Waals surface area contributed by atoms with Gasteiger partial charge in [0.1, 0.15) is 0 Å². The molecule has 0 bridgehead atoms. The maximum atomic E-state index is 11.6. The number of carbonyl (C=O) groups is 2. The van der Waals surface area contributed by atoms with Gasteiger partial charge in [-0.25, -0.2) is 4.79 Å². The van der Waals surface area contributed by atoms with E-state index in [4.69, 9.17) is 5.11 Å². The molecule has 1 aliphatic carbocycles. The highest BCUT2D eigenvalue weighted by atomic mass is 32.2. The van der Waals surface area contributed by atoms with Crippen LogP contribution in [0.1, 0.15) is 39.0 Å². The molecule has 0 heterocycles. The van der Waals surface area contributed by atoms with E-state index in [1.165, 1.54) is 0 Å². The molecule has 6 heteroatoms. The van der Waals surface area contributed by atoms with Gasteiger partial charge < -0.3 is 15.7 Å². The molecule has 0 aromatic carbocycles. The highest BCUT2D eigenvalue weighted by Gasteiger charge is 2.25.